The van der Waals surface area contributed by atoms with E-state index in [0.717, 1.165) is 12.2 Å². The van der Waals surface area contributed by atoms with Crippen molar-refractivity contribution in [3.05, 3.63) is 92.0 Å². The van der Waals surface area contributed by atoms with Crippen LogP contribution in [0.5, 0.6) is 0 Å². The summed E-state index contributed by atoms with van der Waals surface area (Å²) in [6.45, 7) is 0. The molecule has 0 unspecified atom stereocenters. The summed E-state index contributed by atoms with van der Waals surface area (Å²) in [5.41, 5.74) is -0.0263. The SMILES string of the molecule is O=C(C=Cc1ccccc1[N+](=O)[O-])C(=O)C=Cc1ccccc1[N+](=O)[O-]. The van der Waals surface area contributed by atoms with Crippen molar-refractivity contribution in [1.82, 2.24) is 0 Å². The highest BCUT2D eigenvalue weighted by Gasteiger charge is 2.13. The zero-order chi connectivity index (χ0) is 19.1. The second-order valence-corrected chi connectivity index (χ2v) is 5.03. The number of hydrogen-bond acceptors (Lipinski definition) is 6. The van der Waals surface area contributed by atoms with E-state index in [1.54, 1.807) is 12.1 Å². The van der Waals surface area contributed by atoms with Crippen LogP contribution >= 0.6 is 0 Å². The van der Waals surface area contributed by atoms with Crippen LogP contribution in [0.2, 0.25) is 0 Å². The number of nitrogens with zero attached hydrogens (tertiary/aromatic N) is 2. The Kier molecular flexibility index (Phi) is 5.83. The number of para-hydroxylation sites is 2. The number of allylic oxidation sites excluding steroid dienone is 2. The molecule has 0 aliphatic carbocycles. The Bertz CT molecular complexity index is 869. The minimum atomic E-state index is -0.905. The van der Waals surface area contributed by atoms with Crippen molar-refractivity contribution in [2.75, 3.05) is 0 Å². The molecule has 0 radical (unpaired) electrons. The van der Waals surface area contributed by atoms with Crippen molar-refractivity contribution in [1.29, 1.82) is 0 Å². The van der Waals surface area contributed by atoms with Crippen LogP contribution in [0.3, 0.4) is 0 Å². The average Bonchev–Trinajstić information content (AvgIpc) is 2.64. The van der Waals surface area contributed by atoms with Gasteiger partial charge >= 0.3 is 0 Å². The lowest BCUT2D eigenvalue weighted by Gasteiger charge is -1.96. The van der Waals surface area contributed by atoms with Gasteiger partial charge < -0.3 is 0 Å². The molecule has 0 heterocycles. The maximum atomic E-state index is 11.8. The Hall–Kier alpha value is -3.94. The van der Waals surface area contributed by atoms with Crippen LogP contribution in [0, 0.1) is 20.2 Å². The van der Waals surface area contributed by atoms with E-state index in [2.05, 4.69) is 0 Å². The third kappa shape index (κ3) is 4.54. The van der Waals surface area contributed by atoms with E-state index in [9.17, 15) is 29.8 Å². The number of hydrogen-bond donors (Lipinski definition) is 0. The zero-order valence-electron chi connectivity index (χ0n) is 13.3. The van der Waals surface area contributed by atoms with E-state index in [-0.39, 0.29) is 22.5 Å². The molecule has 2 rings (SSSR count). The molecule has 2 aromatic rings. The van der Waals surface area contributed by atoms with Gasteiger partial charge in [0.1, 0.15) is 0 Å². The predicted molar refractivity (Wildman–Crippen MR) is 94.3 cm³/mol. The minimum absolute atomic E-state index is 0.182. The smallest absolute Gasteiger partial charge is 0.276 e. The molecule has 0 N–H and O–H groups in total. The van der Waals surface area contributed by atoms with E-state index in [1.165, 1.54) is 48.6 Å². The topological polar surface area (TPSA) is 120 Å². The Morgan fingerprint density at radius 1 is 0.692 bits per heavy atom. The minimum Gasteiger partial charge on any atom is -0.286 e. The van der Waals surface area contributed by atoms with Crippen molar-refractivity contribution in [2.45, 2.75) is 0 Å². The van der Waals surface area contributed by atoms with E-state index in [1.807, 2.05) is 0 Å². The second kappa shape index (κ2) is 8.25. The van der Waals surface area contributed by atoms with E-state index < -0.39 is 21.4 Å². The summed E-state index contributed by atoms with van der Waals surface area (Å²) in [6.07, 6.45) is 4.21. The Morgan fingerprint density at radius 2 is 1.04 bits per heavy atom. The quantitative estimate of drug-likeness (QED) is 0.326. The molecule has 0 spiro atoms. The molecule has 0 aliphatic heterocycles. The van der Waals surface area contributed by atoms with E-state index in [0.29, 0.717) is 0 Å². The molecule has 0 amide bonds. The van der Waals surface area contributed by atoms with Crippen molar-refractivity contribution in [3.8, 4) is 0 Å². The number of nitro groups is 2. The molecule has 0 bridgehead atoms. The third-order valence-electron chi connectivity index (χ3n) is 3.34. The van der Waals surface area contributed by atoms with Gasteiger partial charge in [-0.15, -0.1) is 0 Å². The van der Waals surface area contributed by atoms with Gasteiger partial charge in [-0.2, -0.15) is 0 Å². The average molecular weight is 352 g/mol. The first-order chi connectivity index (χ1) is 12.4. The summed E-state index contributed by atoms with van der Waals surface area (Å²) >= 11 is 0. The zero-order valence-corrected chi connectivity index (χ0v) is 13.3. The maximum absolute atomic E-state index is 11.8. The van der Waals surface area contributed by atoms with Gasteiger partial charge in [-0.05, 0) is 36.4 Å². The number of nitro benzene ring substituents is 2. The summed E-state index contributed by atoms with van der Waals surface area (Å²) in [5, 5.41) is 21.8. The number of benzene rings is 2. The van der Waals surface area contributed by atoms with Gasteiger partial charge in [0.05, 0.1) is 21.0 Å². The van der Waals surface area contributed by atoms with Crippen molar-refractivity contribution >= 4 is 35.1 Å². The van der Waals surface area contributed by atoms with Crippen LogP contribution in [0.1, 0.15) is 11.1 Å². The van der Waals surface area contributed by atoms with Crippen LogP contribution in [-0.2, 0) is 9.59 Å². The highest BCUT2D eigenvalue weighted by Crippen LogP contribution is 2.20. The largest absolute Gasteiger partial charge is 0.286 e. The number of ketones is 2. The fraction of sp³-hybridized carbons (Fsp3) is 0. The number of carbonyl (C=O) groups is 2. The van der Waals surface area contributed by atoms with Crippen LogP contribution in [0.25, 0.3) is 12.2 Å². The lowest BCUT2D eigenvalue weighted by Crippen LogP contribution is -2.07. The van der Waals surface area contributed by atoms with Gasteiger partial charge in [-0.1, -0.05) is 24.3 Å². The van der Waals surface area contributed by atoms with Gasteiger partial charge in [0, 0.05) is 12.1 Å². The summed E-state index contributed by atoms with van der Waals surface area (Å²) < 4.78 is 0. The third-order valence-corrected chi connectivity index (χ3v) is 3.34. The highest BCUT2D eigenvalue weighted by molar-refractivity contribution is 6.46. The molecule has 0 atom stereocenters. The first kappa shape index (κ1) is 18.4. The summed E-state index contributed by atoms with van der Waals surface area (Å²) in [7, 11) is 0. The van der Waals surface area contributed by atoms with Crippen molar-refractivity contribution < 1.29 is 19.4 Å². The first-order valence-electron chi connectivity index (χ1n) is 7.31. The van der Waals surface area contributed by atoms with Gasteiger partial charge in [0.2, 0.25) is 11.6 Å². The lowest BCUT2D eigenvalue weighted by molar-refractivity contribution is -0.385. The molecule has 0 saturated heterocycles. The fourth-order valence-corrected chi connectivity index (χ4v) is 2.08. The first-order valence-corrected chi connectivity index (χ1v) is 7.31. The van der Waals surface area contributed by atoms with Gasteiger partial charge in [0.25, 0.3) is 11.4 Å². The number of rotatable bonds is 7. The molecule has 130 valence electrons. The normalized spacial score (nSPS) is 10.9. The Balaban J connectivity index is 2.15. The van der Waals surface area contributed by atoms with E-state index >= 15 is 0 Å². The molecule has 0 aliphatic rings. The van der Waals surface area contributed by atoms with Gasteiger partial charge in [-0.3, -0.25) is 29.8 Å². The molecule has 0 saturated carbocycles. The Morgan fingerprint density at radius 3 is 1.38 bits per heavy atom. The molecule has 2 aromatic carbocycles. The van der Waals surface area contributed by atoms with Crippen molar-refractivity contribution in [3.63, 3.8) is 0 Å². The lowest BCUT2D eigenvalue weighted by atomic mass is 10.1. The van der Waals surface area contributed by atoms with Crippen molar-refractivity contribution in [2.24, 2.45) is 0 Å². The van der Waals surface area contributed by atoms with Crippen LogP contribution in [0.4, 0.5) is 11.4 Å². The predicted octanol–water partition coefficient (Wildman–Crippen LogP) is 3.37. The molecule has 0 fully saturated rings. The molecule has 8 nitrogen and oxygen atoms in total. The monoisotopic (exact) mass is 352 g/mol. The molecular weight excluding hydrogens is 340 g/mol. The molecule has 0 aromatic heterocycles. The van der Waals surface area contributed by atoms with Gasteiger partial charge in [-0.25, -0.2) is 0 Å². The summed E-state index contributed by atoms with van der Waals surface area (Å²) in [5.74, 6) is -1.81. The second-order valence-electron chi connectivity index (χ2n) is 5.03. The molecule has 8 heteroatoms. The molecular formula is C18H12N2O6. The van der Waals surface area contributed by atoms with E-state index in [4.69, 9.17) is 0 Å². The molecule has 26 heavy (non-hydrogen) atoms. The Labute approximate surface area is 147 Å². The highest BCUT2D eigenvalue weighted by atomic mass is 16.6. The number of carbonyl (C=O) groups excluding carboxylic acids is 2. The van der Waals surface area contributed by atoms with Gasteiger partial charge in [0.15, 0.2) is 0 Å². The van der Waals surface area contributed by atoms with Crippen LogP contribution in [-0.4, -0.2) is 21.4 Å². The van der Waals surface area contributed by atoms with Crippen LogP contribution < -0.4 is 0 Å². The summed E-state index contributed by atoms with van der Waals surface area (Å²) in [4.78, 5) is 44.3. The standard InChI is InChI=1S/C18H12N2O6/c21-17(11-9-13-5-1-3-7-15(13)19(23)24)18(22)12-10-14-6-2-4-8-16(14)20(25)26/h1-12H. The maximum Gasteiger partial charge on any atom is 0.276 e. The summed E-state index contributed by atoms with van der Waals surface area (Å²) in [6, 6.07) is 11.5. The van der Waals surface area contributed by atoms with Crippen LogP contribution in [0.15, 0.2) is 60.7 Å². The fourth-order valence-electron chi connectivity index (χ4n) is 2.08.